The average Bonchev–Trinajstić information content (AvgIpc) is 2.39. The Labute approximate surface area is 114 Å². The van der Waals surface area contributed by atoms with Crippen molar-refractivity contribution in [1.29, 1.82) is 0 Å². The summed E-state index contributed by atoms with van der Waals surface area (Å²) in [6.45, 7) is 3.37. The molecule has 4 nitrogen and oxygen atoms in total. The fourth-order valence-corrected chi connectivity index (χ4v) is 1.70. The molecule has 0 aliphatic rings. The van der Waals surface area contributed by atoms with E-state index in [0.29, 0.717) is 12.5 Å². The van der Waals surface area contributed by atoms with Gasteiger partial charge in [0.25, 0.3) is 0 Å². The largest absolute Gasteiger partial charge is 0.476 e. The predicted octanol–water partition coefficient (Wildman–Crippen LogP) is 2.39. The van der Waals surface area contributed by atoms with Crippen LogP contribution in [0.25, 0.3) is 11.3 Å². The molecule has 0 spiro atoms. The molecular weight excluding hydrogens is 238 g/mol. The quantitative estimate of drug-likeness (QED) is 0.824. The van der Waals surface area contributed by atoms with Crippen molar-refractivity contribution in [3.05, 3.63) is 42.2 Å². The summed E-state index contributed by atoms with van der Waals surface area (Å²) in [6, 6.07) is 11.9. The van der Waals surface area contributed by atoms with E-state index in [1.807, 2.05) is 57.4 Å². The molecule has 0 bridgehead atoms. The van der Waals surface area contributed by atoms with E-state index in [2.05, 4.69) is 14.9 Å². The minimum Gasteiger partial charge on any atom is -0.476 e. The molecule has 2 rings (SSSR count). The summed E-state index contributed by atoms with van der Waals surface area (Å²) in [5.74, 6) is 1.36. The van der Waals surface area contributed by atoms with E-state index in [9.17, 15) is 0 Å². The van der Waals surface area contributed by atoms with E-state index >= 15 is 0 Å². The van der Waals surface area contributed by atoms with Gasteiger partial charge in [0.2, 0.25) is 5.88 Å². The smallest absolute Gasteiger partial charge is 0.217 e. The Bertz CT molecular complexity index is 526. The molecule has 1 heterocycles. The molecule has 0 fully saturated rings. The zero-order valence-electron chi connectivity index (χ0n) is 11.6. The van der Waals surface area contributed by atoms with Crippen molar-refractivity contribution in [3.63, 3.8) is 0 Å². The number of nitrogens with zero attached hydrogens (tertiary/aromatic N) is 3. The van der Waals surface area contributed by atoms with Crippen molar-refractivity contribution in [2.75, 3.05) is 27.2 Å². The zero-order valence-corrected chi connectivity index (χ0v) is 11.6. The van der Waals surface area contributed by atoms with Gasteiger partial charge in [-0.25, -0.2) is 4.98 Å². The molecule has 4 heteroatoms. The van der Waals surface area contributed by atoms with Gasteiger partial charge in [-0.2, -0.15) is 4.98 Å². The van der Waals surface area contributed by atoms with E-state index in [0.717, 1.165) is 23.6 Å². The third kappa shape index (κ3) is 4.03. The minimum absolute atomic E-state index is 0.623. The van der Waals surface area contributed by atoms with Crippen molar-refractivity contribution in [1.82, 2.24) is 14.9 Å². The molecule has 1 aromatic heterocycles. The molecular formula is C15H19N3O. The third-order valence-electron chi connectivity index (χ3n) is 2.67. The Balaban J connectivity index is 2.16. The average molecular weight is 257 g/mol. The molecule has 0 N–H and O–H groups in total. The number of ether oxygens (including phenoxy) is 1. The third-order valence-corrected chi connectivity index (χ3v) is 2.67. The molecule has 0 radical (unpaired) electrons. The highest BCUT2D eigenvalue weighted by molar-refractivity contribution is 5.59. The van der Waals surface area contributed by atoms with Gasteiger partial charge < -0.3 is 9.64 Å². The van der Waals surface area contributed by atoms with E-state index in [-0.39, 0.29) is 0 Å². The molecule has 0 aliphatic carbocycles. The predicted molar refractivity (Wildman–Crippen MR) is 76.3 cm³/mol. The first kappa shape index (κ1) is 13.5. The van der Waals surface area contributed by atoms with Crippen molar-refractivity contribution < 1.29 is 4.74 Å². The minimum atomic E-state index is 0.623. The second kappa shape index (κ2) is 6.29. The van der Waals surface area contributed by atoms with Gasteiger partial charge in [-0.1, -0.05) is 30.3 Å². The molecule has 0 unspecified atom stereocenters. The standard InChI is InChI=1S/C15H19N3O/c1-12-16-14(13-7-5-4-6-8-13)11-15(17-12)19-10-9-18(2)3/h4-8,11H,9-10H2,1-3H3. The highest BCUT2D eigenvalue weighted by Crippen LogP contribution is 2.20. The summed E-state index contributed by atoms with van der Waals surface area (Å²) in [4.78, 5) is 10.8. The number of benzene rings is 1. The summed E-state index contributed by atoms with van der Waals surface area (Å²) in [7, 11) is 4.04. The van der Waals surface area contributed by atoms with Crippen LogP contribution in [0.4, 0.5) is 0 Å². The number of likely N-dealkylation sites (N-methyl/N-ethyl adjacent to an activating group) is 1. The van der Waals surface area contributed by atoms with Crippen LogP contribution in [0.15, 0.2) is 36.4 Å². The summed E-state index contributed by atoms with van der Waals surface area (Å²) in [5.41, 5.74) is 1.97. The fourth-order valence-electron chi connectivity index (χ4n) is 1.70. The zero-order chi connectivity index (χ0) is 13.7. The second-order valence-electron chi connectivity index (χ2n) is 4.66. The van der Waals surface area contributed by atoms with Gasteiger partial charge in [0.1, 0.15) is 12.4 Å². The number of hydrogen-bond donors (Lipinski definition) is 0. The number of rotatable bonds is 5. The Kier molecular flexibility index (Phi) is 4.47. The molecule has 19 heavy (non-hydrogen) atoms. The Hall–Kier alpha value is -1.94. The van der Waals surface area contributed by atoms with E-state index < -0.39 is 0 Å². The van der Waals surface area contributed by atoms with Crippen molar-refractivity contribution in [2.24, 2.45) is 0 Å². The van der Waals surface area contributed by atoms with Crippen LogP contribution < -0.4 is 4.74 Å². The molecule has 0 atom stereocenters. The van der Waals surface area contributed by atoms with Crippen LogP contribution in [-0.4, -0.2) is 42.1 Å². The van der Waals surface area contributed by atoms with Gasteiger partial charge in [-0.3, -0.25) is 0 Å². The summed E-state index contributed by atoms with van der Waals surface area (Å²) >= 11 is 0. The lowest BCUT2D eigenvalue weighted by molar-refractivity contribution is 0.253. The highest BCUT2D eigenvalue weighted by atomic mass is 16.5. The maximum atomic E-state index is 5.67. The lowest BCUT2D eigenvalue weighted by Crippen LogP contribution is -2.19. The van der Waals surface area contributed by atoms with E-state index in [1.54, 1.807) is 0 Å². The first-order valence-electron chi connectivity index (χ1n) is 6.34. The Morgan fingerprint density at radius 3 is 2.53 bits per heavy atom. The molecule has 0 amide bonds. The van der Waals surface area contributed by atoms with Gasteiger partial charge in [0.15, 0.2) is 0 Å². The molecule has 0 saturated carbocycles. The Morgan fingerprint density at radius 2 is 1.84 bits per heavy atom. The van der Waals surface area contributed by atoms with E-state index in [1.165, 1.54) is 0 Å². The monoisotopic (exact) mass is 257 g/mol. The number of aryl methyl sites for hydroxylation is 1. The van der Waals surface area contributed by atoms with Crippen LogP contribution >= 0.6 is 0 Å². The fraction of sp³-hybridized carbons (Fsp3) is 0.333. The Morgan fingerprint density at radius 1 is 1.11 bits per heavy atom. The van der Waals surface area contributed by atoms with Gasteiger partial charge in [-0.05, 0) is 21.0 Å². The normalized spacial score (nSPS) is 10.7. The molecule has 0 saturated heterocycles. The van der Waals surface area contributed by atoms with E-state index in [4.69, 9.17) is 4.74 Å². The van der Waals surface area contributed by atoms with Gasteiger partial charge in [-0.15, -0.1) is 0 Å². The van der Waals surface area contributed by atoms with Crippen molar-refractivity contribution >= 4 is 0 Å². The molecule has 0 aliphatic heterocycles. The second-order valence-corrected chi connectivity index (χ2v) is 4.66. The molecule has 100 valence electrons. The lowest BCUT2D eigenvalue weighted by Gasteiger charge is -2.11. The maximum Gasteiger partial charge on any atom is 0.217 e. The first-order valence-corrected chi connectivity index (χ1v) is 6.34. The number of aromatic nitrogens is 2. The van der Waals surface area contributed by atoms with Crippen LogP contribution in [0, 0.1) is 6.92 Å². The van der Waals surface area contributed by atoms with Crippen LogP contribution in [0.3, 0.4) is 0 Å². The van der Waals surface area contributed by atoms with Crippen molar-refractivity contribution in [2.45, 2.75) is 6.92 Å². The highest BCUT2D eigenvalue weighted by Gasteiger charge is 2.05. The van der Waals surface area contributed by atoms with Gasteiger partial charge >= 0.3 is 0 Å². The van der Waals surface area contributed by atoms with Crippen LogP contribution in [0.5, 0.6) is 5.88 Å². The van der Waals surface area contributed by atoms with Gasteiger partial charge in [0.05, 0.1) is 5.69 Å². The molecule has 1 aromatic carbocycles. The topological polar surface area (TPSA) is 38.2 Å². The maximum absolute atomic E-state index is 5.67. The van der Waals surface area contributed by atoms with Crippen LogP contribution in [0.2, 0.25) is 0 Å². The van der Waals surface area contributed by atoms with Crippen molar-refractivity contribution in [3.8, 4) is 17.1 Å². The molecule has 2 aromatic rings. The van der Waals surface area contributed by atoms with Gasteiger partial charge in [0, 0.05) is 18.2 Å². The SMILES string of the molecule is Cc1nc(OCCN(C)C)cc(-c2ccccc2)n1. The summed E-state index contributed by atoms with van der Waals surface area (Å²) in [5, 5.41) is 0. The van der Waals surface area contributed by atoms with Crippen LogP contribution in [0.1, 0.15) is 5.82 Å². The lowest BCUT2D eigenvalue weighted by atomic mass is 10.1. The number of hydrogen-bond acceptors (Lipinski definition) is 4. The summed E-state index contributed by atoms with van der Waals surface area (Å²) in [6.07, 6.45) is 0. The first-order chi connectivity index (χ1) is 9.15. The van der Waals surface area contributed by atoms with Crippen LogP contribution in [-0.2, 0) is 0 Å². The summed E-state index contributed by atoms with van der Waals surface area (Å²) < 4.78 is 5.67.